The van der Waals surface area contributed by atoms with Crippen molar-refractivity contribution in [2.24, 2.45) is 5.14 Å². The van der Waals surface area contributed by atoms with Crippen molar-refractivity contribution in [3.63, 3.8) is 0 Å². The van der Waals surface area contributed by atoms with Gasteiger partial charge in [-0.1, -0.05) is 0 Å². The first kappa shape index (κ1) is 15.9. The molecule has 0 spiro atoms. The van der Waals surface area contributed by atoms with Crippen molar-refractivity contribution in [1.82, 2.24) is 5.32 Å². The zero-order chi connectivity index (χ0) is 15.7. The normalized spacial score (nSPS) is 22.2. The molecule has 1 heterocycles. The van der Waals surface area contributed by atoms with E-state index in [-0.39, 0.29) is 5.56 Å². The average molecular weight is 316 g/mol. The summed E-state index contributed by atoms with van der Waals surface area (Å²) in [6, 6.07) is 3.04. The molecule has 1 saturated heterocycles. The molecule has 1 fully saturated rings. The van der Waals surface area contributed by atoms with Crippen LogP contribution in [-0.4, -0.2) is 33.1 Å². The third-order valence-corrected chi connectivity index (χ3v) is 4.35. The molecule has 1 aliphatic heterocycles. The molecule has 1 aromatic rings. The van der Waals surface area contributed by atoms with Gasteiger partial charge >= 0.3 is 0 Å². The van der Waals surface area contributed by atoms with Crippen LogP contribution in [0.15, 0.2) is 23.1 Å². The Morgan fingerprint density at radius 2 is 2.24 bits per heavy atom. The summed E-state index contributed by atoms with van der Waals surface area (Å²) in [6.07, 6.45) is 1.76. The Bertz CT molecular complexity index is 654. The van der Waals surface area contributed by atoms with E-state index in [0.29, 0.717) is 13.2 Å². The number of hydrogen-bond acceptors (Lipinski definition) is 4. The molecule has 1 amide bonds. The first-order valence-corrected chi connectivity index (χ1v) is 8.00. The van der Waals surface area contributed by atoms with E-state index in [4.69, 9.17) is 9.88 Å². The number of amides is 1. The fourth-order valence-corrected chi connectivity index (χ4v) is 2.84. The molecule has 116 valence electrons. The molecule has 8 heteroatoms. The van der Waals surface area contributed by atoms with Gasteiger partial charge in [0.1, 0.15) is 10.7 Å². The van der Waals surface area contributed by atoms with Crippen LogP contribution < -0.4 is 10.5 Å². The molecule has 6 nitrogen and oxygen atoms in total. The summed E-state index contributed by atoms with van der Waals surface area (Å²) in [5, 5.41) is 7.56. The summed E-state index contributed by atoms with van der Waals surface area (Å²) in [5.41, 5.74) is -0.389. The maximum absolute atomic E-state index is 13.4. The number of sulfonamides is 1. The summed E-state index contributed by atoms with van der Waals surface area (Å²) >= 11 is 0. The smallest absolute Gasteiger partial charge is 0.251 e. The van der Waals surface area contributed by atoms with Crippen LogP contribution in [0.5, 0.6) is 0 Å². The van der Waals surface area contributed by atoms with Gasteiger partial charge in [0, 0.05) is 18.7 Å². The van der Waals surface area contributed by atoms with E-state index in [2.05, 4.69) is 5.32 Å². The van der Waals surface area contributed by atoms with E-state index >= 15 is 0 Å². The minimum absolute atomic E-state index is 0.0296. The van der Waals surface area contributed by atoms with Crippen molar-refractivity contribution < 1.29 is 22.3 Å². The molecule has 21 heavy (non-hydrogen) atoms. The van der Waals surface area contributed by atoms with Crippen LogP contribution in [0.3, 0.4) is 0 Å². The molecule has 0 bridgehead atoms. The second-order valence-electron chi connectivity index (χ2n) is 5.27. The van der Waals surface area contributed by atoms with E-state index in [1.807, 2.05) is 6.92 Å². The molecular formula is C13H17FN2O4S. The van der Waals surface area contributed by atoms with Crippen LogP contribution in [-0.2, 0) is 14.8 Å². The number of rotatable bonds is 4. The molecule has 3 N–H and O–H groups in total. The van der Waals surface area contributed by atoms with Crippen LogP contribution in [0.25, 0.3) is 0 Å². The zero-order valence-corrected chi connectivity index (χ0v) is 12.4. The molecule has 0 aromatic heterocycles. The van der Waals surface area contributed by atoms with E-state index in [9.17, 15) is 17.6 Å². The number of benzene rings is 1. The maximum atomic E-state index is 13.4. The van der Waals surface area contributed by atoms with Gasteiger partial charge in [0.2, 0.25) is 10.0 Å². The summed E-state index contributed by atoms with van der Waals surface area (Å²) in [4.78, 5) is 11.3. The van der Waals surface area contributed by atoms with Crippen molar-refractivity contribution >= 4 is 15.9 Å². The number of carbonyl (C=O) groups excluding carboxylic acids is 1. The number of nitrogens with two attached hydrogens (primary N) is 1. The van der Waals surface area contributed by atoms with Gasteiger partial charge in [-0.25, -0.2) is 17.9 Å². The van der Waals surface area contributed by atoms with Gasteiger partial charge in [0.15, 0.2) is 0 Å². The third kappa shape index (κ3) is 3.78. The fourth-order valence-electron chi connectivity index (χ4n) is 2.21. The Hall–Kier alpha value is -1.51. The second kappa shape index (κ2) is 5.70. The van der Waals surface area contributed by atoms with Gasteiger partial charge in [0.05, 0.1) is 5.60 Å². The minimum Gasteiger partial charge on any atom is -0.373 e. The van der Waals surface area contributed by atoms with Crippen LogP contribution >= 0.6 is 0 Å². The summed E-state index contributed by atoms with van der Waals surface area (Å²) in [7, 11) is -4.21. The highest BCUT2D eigenvalue weighted by Gasteiger charge is 2.30. The quantitative estimate of drug-likeness (QED) is 0.857. The van der Waals surface area contributed by atoms with Crippen molar-refractivity contribution in [3.8, 4) is 0 Å². The topological polar surface area (TPSA) is 98.5 Å². The summed E-state index contributed by atoms with van der Waals surface area (Å²) in [5.74, 6) is -1.49. The number of hydrogen-bond donors (Lipinski definition) is 2. The number of nitrogens with one attached hydrogen (secondary N) is 1. The third-order valence-electron chi connectivity index (χ3n) is 3.42. The lowest BCUT2D eigenvalue weighted by atomic mass is 10.0. The first-order chi connectivity index (χ1) is 9.71. The monoisotopic (exact) mass is 316 g/mol. The number of ether oxygens (including phenoxy) is 1. The predicted octanol–water partition coefficient (Wildman–Crippen LogP) is 0.772. The molecule has 0 saturated carbocycles. The molecule has 2 rings (SSSR count). The molecule has 1 unspecified atom stereocenters. The van der Waals surface area contributed by atoms with Crippen molar-refractivity contribution in [2.75, 3.05) is 13.2 Å². The Kier molecular flexibility index (Phi) is 4.31. The standard InChI is InChI=1S/C13H17FN2O4S/c1-13(5-2-6-20-13)8-16-12(17)9-3-4-10(14)11(7-9)21(15,18)19/h3-4,7H,2,5-6,8H2,1H3,(H,16,17)(H2,15,18,19). The molecular weight excluding hydrogens is 299 g/mol. The highest BCUT2D eigenvalue weighted by molar-refractivity contribution is 7.89. The van der Waals surface area contributed by atoms with E-state index in [1.165, 1.54) is 6.07 Å². The van der Waals surface area contributed by atoms with Gasteiger partial charge in [0.25, 0.3) is 5.91 Å². The number of carbonyl (C=O) groups is 1. The van der Waals surface area contributed by atoms with Crippen LogP contribution in [0.1, 0.15) is 30.1 Å². The SMILES string of the molecule is CC1(CNC(=O)c2ccc(F)c(S(N)(=O)=O)c2)CCCO1. The summed E-state index contributed by atoms with van der Waals surface area (Å²) < 4.78 is 41.4. The van der Waals surface area contributed by atoms with Gasteiger partial charge in [-0.05, 0) is 38.0 Å². The predicted molar refractivity (Wildman–Crippen MR) is 73.7 cm³/mol. The molecule has 1 aliphatic rings. The molecule has 1 atom stereocenters. The van der Waals surface area contributed by atoms with E-state index in [1.54, 1.807) is 0 Å². The fraction of sp³-hybridized carbons (Fsp3) is 0.462. The largest absolute Gasteiger partial charge is 0.373 e. The molecule has 0 radical (unpaired) electrons. The van der Waals surface area contributed by atoms with Gasteiger partial charge in [-0.15, -0.1) is 0 Å². The average Bonchev–Trinajstić information content (AvgIpc) is 2.83. The van der Waals surface area contributed by atoms with Crippen LogP contribution in [0.2, 0.25) is 0 Å². The lowest BCUT2D eigenvalue weighted by Gasteiger charge is -2.23. The van der Waals surface area contributed by atoms with Crippen molar-refractivity contribution in [1.29, 1.82) is 0 Å². The molecule has 1 aromatic carbocycles. The zero-order valence-electron chi connectivity index (χ0n) is 11.6. The van der Waals surface area contributed by atoms with Gasteiger partial charge in [-0.3, -0.25) is 4.79 Å². The highest BCUT2D eigenvalue weighted by Crippen LogP contribution is 2.24. The second-order valence-corrected chi connectivity index (χ2v) is 6.80. The Balaban J connectivity index is 2.13. The first-order valence-electron chi connectivity index (χ1n) is 6.46. The molecule has 0 aliphatic carbocycles. The number of primary sulfonamides is 1. The van der Waals surface area contributed by atoms with Crippen LogP contribution in [0.4, 0.5) is 4.39 Å². The van der Waals surface area contributed by atoms with Crippen molar-refractivity contribution in [2.45, 2.75) is 30.3 Å². The lowest BCUT2D eigenvalue weighted by molar-refractivity contribution is 0.0206. The van der Waals surface area contributed by atoms with Gasteiger partial charge < -0.3 is 10.1 Å². The minimum atomic E-state index is -4.21. The van der Waals surface area contributed by atoms with Crippen molar-refractivity contribution in [3.05, 3.63) is 29.6 Å². The maximum Gasteiger partial charge on any atom is 0.251 e. The number of halogens is 1. The van der Waals surface area contributed by atoms with E-state index < -0.39 is 32.2 Å². The van der Waals surface area contributed by atoms with E-state index in [0.717, 1.165) is 25.0 Å². The Morgan fingerprint density at radius 3 is 2.81 bits per heavy atom. The Labute approximate surface area is 122 Å². The Morgan fingerprint density at radius 1 is 1.52 bits per heavy atom. The highest BCUT2D eigenvalue weighted by atomic mass is 32.2. The van der Waals surface area contributed by atoms with Gasteiger partial charge in [-0.2, -0.15) is 0 Å². The lowest BCUT2D eigenvalue weighted by Crippen LogP contribution is -2.40. The summed E-state index contributed by atoms with van der Waals surface area (Å²) in [6.45, 7) is 2.84. The van der Waals surface area contributed by atoms with Crippen LogP contribution in [0, 0.1) is 5.82 Å².